The molecular formula is C24H20N6O. The number of nitrogens with zero attached hydrogens (tertiary/aromatic N) is 4. The van der Waals surface area contributed by atoms with Gasteiger partial charge >= 0.3 is 0 Å². The largest absolute Gasteiger partial charge is 0.489 e. The van der Waals surface area contributed by atoms with Crippen molar-refractivity contribution in [1.29, 1.82) is 0 Å². The highest BCUT2D eigenvalue weighted by Crippen LogP contribution is 2.23. The highest BCUT2D eigenvalue weighted by Gasteiger charge is 2.08. The molecule has 0 spiro atoms. The van der Waals surface area contributed by atoms with Crippen molar-refractivity contribution in [2.75, 3.05) is 5.43 Å². The number of anilines is 1. The summed E-state index contributed by atoms with van der Waals surface area (Å²) in [7, 11) is 0. The lowest BCUT2D eigenvalue weighted by Crippen LogP contribution is -1.99. The molecule has 3 aromatic carbocycles. The van der Waals surface area contributed by atoms with Crippen LogP contribution in [0.3, 0.4) is 0 Å². The number of hydrazone groups is 1. The predicted octanol–water partition coefficient (Wildman–Crippen LogP) is 4.84. The maximum Gasteiger partial charge on any atom is 0.265 e. The first-order chi connectivity index (χ1) is 15.2. The van der Waals surface area contributed by atoms with Crippen LogP contribution in [0.1, 0.15) is 16.7 Å². The van der Waals surface area contributed by atoms with Crippen LogP contribution in [-0.2, 0) is 6.61 Å². The van der Waals surface area contributed by atoms with Gasteiger partial charge in [-0.25, -0.2) is 5.43 Å². The van der Waals surface area contributed by atoms with Crippen LogP contribution >= 0.6 is 0 Å². The summed E-state index contributed by atoms with van der Waals surface area (Å²) < 4.78 is 5.80. The van der Waals surface area contributed by atoms with Crippen molar-refractivity contribution in [2.24, 2.45) is 5.10 Å². The lowest BCUT2D eigenvalue weighted by molar-refractivity contribution is 0.306. The molecule has 0 unspecified atom stereocenters. The van der Waals surface area contributed by atoms with Crippen LogP contribution in [0.15, 0.2) is 77.9 Å². The Morgan fingerprint density at radius 3 is 2.68 bits per heavy atom. The Morgan fingerprint density at radius 2 is 1.84 bits per heavy atom. The Labute approximate surface area is 178 Å². The van der Waals surface area contributed by atoms with E-state index in [9.17, 15) is 0 Å². The van der Waals surface area contributed by atoms with Crippen LogP contribution in [0, 0.1) is 6.92 Å². The van der Waals surface area contributed by atoms with Gasteiger partial charge in [-0.2, -0.15) is 10.1 Å². The highest BCUT2D eigenvalue weighted by molar-refractivity contribution is 6.03. The van der Waals surface area contributed by atoms with Crippen molar-refractivity contribution >= 4 is 34.2 Å². The van der Waals surface area contributed by atoms with E-state index in [1.165, 1.54) is 5.56 Å². The molecule has 2 aromatic heterocycles. The van der Waals surface area contributed by atoms with E-state index < -0.39 is 0 Å². The van der Waals surface area contributed by atoms with Gasteiger partial charge in [0.2, 0.25) is 0 Å². The molecule has 31 heavy (non-hydrogen) atoms. The van der Waals surface area contributed by atoms with Gasteiger partial charge in [0.1, 0.15) is 17.9 Å². The number of nitrogens with one attached hydrogen (secondary N) is 2. The first-order valence-corrected chi connectivity index (χ1v) is 9.93. The standard InChI is InChI=1S/C24H20N6O/c1-16-7-12-21-20(13-16)22-23(26-21)27-24(30-28-22)29-25-14-17-8-10-19(11-9-17)31-15-18-5-3-2-4-6-18/h2-14H,15H2,1H3,(H2,26,27,29,30). The summed E-state index contributed by atoms with van der Waals surface area (Å²) in [4.78, 5) is 7.73. The average Bonchev–Trinajstić information content (AvgIpc) is 3.16. The van der Waals surface area contributed by atoms with E-state index >= 15 is 0 Å². The van der Waals surface area contributed by atoms with Crippen LogP contribution < -0.4 is 10.2 Å². The number of hydrogen-bond acceptors (Lipinski definition) is 6. The Balaban J connectivity index is 1.23. The lowest BCUT2D eigenvalue weighted by Gasteiger charge is -2.06. The van der Waals surface area contributed by atoms with Crippen molar-refractivity contribution in [3.8, 4) is 5.75 Å². The number of aromatic amines is 1. The summed E-state index contributed by atoms with van der Waals surface area (Å²) >= 11 is 0. The summed E-state index contributed by atoms with van der Waals surface area (Å²) in [5.74, 6) is 1.14. The first kappa shape index (κ1) is 18.7. The molecule has 0 bridgehead atoms. The molecule has 0 saturated carbocycles. The number of ether oxygens (including phenoxy) is 1. The Morgan fingerprint density at radius 1 is 1.00 bits per heavy atom. The van der Waals surface area contributed by atoms with E-state index in [2.05, 4.69) is 36.8 Å². The van der Waals surface area contributed by atoms with Gasteiger partial charge in [-0.1, -0.05) is 42.0 Å². The zero-order valence-corrected chi connectivity index (χ0v) is 16.9. The van der Waals surface area contributed by atoms with Crippen molar-refractivity contribution in [3.05, 3.63) is 89.5 Å². The minimum Gasteiger partial charge on any atom is -0.489 e. The molecule has 5 aromatic rings. The first-order valence-electron chi connectivity index (χ1n) is 9.93. The number of benzene rings is 3. The molecule has 0 aliphatic rings. The molecule has 0 aliphatic carbocycles. The fourth-order valence-corrected chi connectivity index (χ4v) is 3.29. The molecule has 2 N–H and O–H groups in total. The summed E-state index contributed by atoms with van der Waals surface area (Å²) in [5, 5.41) is 13.7. The topological polar surface area (TPSA) is 88.1 Å². The third kappa shape index (κ3) is 4.20. The third-order valence-corrected chi connectivity index (χ3v) is 4.88. The van der Waals surface area contributed by atoms with Crippen molar-refractivity contribution in [3.63, 3.8) is 0 Å². The zero-order chi connectivity index (χ0) is 21.0. The number of hydrogen-bond donors (Lipinski definition) is 2. The summed E-state index contributed by atoms with van der Waals surface area (Å²) in [5.41, 5.74) is 8.47. The second kappa shape index (κ2) is 8.23. The van der Waals surface area contributed by atoms with Crippen LogP contribution in [0.5, 0.6) is 5.75 Å². The highest BCUT2D eigenvalue weighted by atomic mass is 16.5. The number of aryl methyl sites for hydroxylation is 1. The Hall–Kier alpha value is -4.26. The Kier molecular flexibility index (Phi) is 4.98. The summed E-state index contributed by atoms with van der Waals surface area (Å²) in [6.07, 6.45) is 1.70. The molecule has 0 atom stereocenters. The second-order valence-electron chi connectivity index (χ2n) is 7.22. The van der Waals surface area contributed by atoms with Gasteiger partial charge in [-0.15, -0.1) is 10.2 Å². The van der Waals surface area contributed by atoms with Gasteiger partial charge < -0.3 is 9.72 Å². The van der Waals surface area contributed by atoms with E-state index in [-0.39, 0.29) is 0 Å². The van der Waals surface area contributed by atoms with E-state index in [1.54, 1.807) is 6.21 Å². The molecule has 0 saturated heterocycles. The van der Waals surface area contributed by atoms with Crippen LogP contribution in [0.2, 0.25) is 0 Å². The number of rotatable bonds is 6. The fourth-order valence-electron chi connectivity index (χ4n) is 3.29. The van der Waals surface area contributed by atoms with Crippen LogP contribution in [-0.4, -0.2) is 26.4 Å². The van der Waals surface area contributed by atoms with E-state index in [4.69, 9.17) is 4.74 Å². The summed E-state index contributed by atoms with van der Waals surface area (Å²) in [6, 6.07) is 23.9. The van der Waals surface area contributed by atoms with E-state index in [0.29, 0.717) is 18.2 Å². The zero-order valence-electron chi connectivity index (χ0n) is 16.9. The fraction of sp³-hybridized carbons (Fsp3) is 0.0833. The van der Waals surface area contributed by atoms with Gasteiger partial charge in [0.15, 0.2) is 5.65 Å². The van der Waals surface area contributed by atoms with E-state index in [0.717, 1.165) is 33.3 Å². The third-order valence-electron chi connectivity index (χ3n) is 4.88. The quantitative estimate of drug-likeness (QED) is 0.310. The monoisotopic (exact) mass is 408 g/mol. The van der Waals surface area contributed by atoms with Crippen molar-refractivity contribution in [1.82, 2.24) is 20.2 Å². The number of H-pyrrole nitrogens is 1. The van der Waals surface area contributed by atoms with Gasteiger partial charge in [0.25, 0.3) is 5.95 Å². The summed E-state index contributed by atoms with van der Waals surface area (Å²) in [6.45, 7) is 2.59. The minimum absolute atomic E-state index is 0.329. The van der Waals surface area contributed by atoms with Crippen LogP contribution in [0.4, 0.5) is 5.95 Å². The number of aromatic nitrogens is 4. The SMILES string of the molecule is Cc1ccc2[nH]c3nc(NN=Cc4ccc(OCc5ccccc5)cc4)nnc3c2c1. The minimum atomic E-state index is 0.329. The smallest absolute Gasteiger partial charge is 0.265 e. The van der Waals surface area contributed by atoms with Crippen molar-refractivity contribution < 1.29 is 4.74 Å². The molecule has 7 heteroatoms. The number of fused-ring (bicyclic) bond motifs is 3. The second-order valence-corrected chi connectivity index (χ2v) is 7.22. The maximum atomic E-state index is 5.80. The molecule has 0 amide bonds. The average molecular weight is 408 g/mol. The molecule has 0 aliphatic heterocycles. The van der Waals surface area contributed by atoms with Crippen molar-refractivity contribution in [2.45, 2.75) is 13.5 Å². The Bertz CT molecular complexity index is 1360. The molecule has 152 valence electrons. The van der Waals surface area contributed by atoms with Gasteiger partial charge in [0.05, 0.1) is 6.21 Å². The van der Waals surface area contributed by atoms with Gasteiger partial charge in [-0.3, -0.25) is 0 Å². The van der Waals surface area contributed by atoms with Crippen LogP contribution in [0.25, 0.3) is 22.1 Å². The molecule has 0 fully saturated rings. The maximum absolute atomic E-state index is 5.80. The van der Waals surface area contributed by atoms with Gasteiger partial charge in [-0.05, 0) is 54.4 Å². The molecular weight excluding hydrogens is 388 g/mol. The molecule has 7 nitrogen and oxygen atoms in total. The molecule has 0 radical (unpaired) electrons. The normalized spacial score (nSPS) is 11.4. The molecule has 2 heterocycles. The lowest BCUT2D eigenvalue weighted by atomic mass is 10.2. The molecule has 5 rings (SSSR count). The predicted molar refractivity (Wildman–Crippen MR) is 122 cm³/mol. The van der Waals surface area contributed by atoms with E-state index in [1.807, 2.05) is 73.7 Å². The van der Waals surface area contributed by atoms with Gasteiger partial charge in [0, 0.05) is 10.9 Å².